The molecule has 2 heterocycles. The van der Waals surface area contributed by atoms with Crippen molar-refractivity contribution in [2.45, 2.75) is 12.8 Å². The number of rotatable bonds is 4. The number of Topliss-reactive ketones (excluding diaryl/α,β-unsaturated/α-hetero) is 1. The van der Waals surface area contributed by atoms with Crippen LogP contribution in [0, 0.1) is 0 Å². The van der Waals surface area contributed by atoms with Crippen LogP contribution in [-0.4, -0.2) is 15.8 Å². The average Bonchev–Trinajstić information content (AvgIpc) is 2.38. The Bertz CT molecular complexity index is 454. The molecule has 3 heteroatoms. The molecule has 0 aliphatic heterocycles. The van der Waals surface area contributed by atoms with Gasteiger partial charge < -0.3 is 0 Å². The lowest BCUT2D eigenvalue weighted by molar-refractivity contribution is 0.0982. The van der Waals surface area contributed by atoms with E-state index in [-0.39, 0.29) is 5.78 Å². The van der Waals surface area contributed by atoms with Crippen LogP contribution in [0.3, 0.4) is 0 Å². The number of hydrogen-bond acceptors (Lipinski definition) is 3. The molecule has 80 valence electrons. The topological polar surface area (TPSA) is 42.9 Å². The van der Waals surface area contributed by atoms with Gasteiger partial charge in [-0.25, -0.2) is 0 Å². The van der Waals surface area contributed by atoms with Gasteiger partial charge in [-0.3, -0.25) is 14.8 Å². The maximum atomic E-state index is 11.8. The number of hydrogen-bond donors (Lipinski definition) is 0. The van der Waals surface area contributed by atoms with Gasteiger partial charge >= 0.3 is 0 Å². The van der Waals surface area contributed by atoms with Gasteiger partial charge in [-0.05, 0) is 30.7 Å². The summed E-state index contributed by atoms with van der Waals surface area (Å²) in [7, 11) is 0. The Labute approximate surface area is 94.2 Å². The van der Waals surface area contributed by atoms with E-state index < -0.39 is 0 Å². The van der Waals surface area contributed by atoms with E-state index in [1.807, 2.05) is 18.2 Å². The molecule has 16 heavy (non-hydrogen) atoms. The van der Waals surface area contributed by atoms with Gasteiger partial charge in [-0.1, -0.05) is 6.07 Å². The van der Waals surface area contributed by atoms with Crippen molar-refractivity contribution in [1.82, 2.24) is 9.97 Å². The molecule has 0 saturated carbocycles. The Hall–Kier alpha value is -2.03. The van der Waals surface area contributed by atoms with Crippen LogP contribution in [-0.2, 0) is 6.42 Å². The molecule has 0 unspecified atom stereocenters. The number of nitrogens with zero attached hydrogens (tertiary/aromatic N) is 2. The van der Waals surface area contributed by atoms with Gasteiger partial charge in [0.05, 0.1) is 0 Å². The third-order valence-electron chi connectivity index (χ3n) is 2.34. The van der Waals surface area contributed by atoms with E-state index in [4.69, 9.17) is 0 Å². The first kappa shape index (κ1) is 10.5. The summed E-state index contributed by atoms with van der Waals surface area (Å²) in [6, 6.07) is 9.20. The smallest absolute Gasteiger partial charge is 0.163 e. The molecule has 0 N–H and O–H groups in total. The summed E-state index contributed by atoms with van der Waals surface area (Å²) in [4.78, 5) is 19.8. The first-order valence-corrected chi connectivity index (χ1v) is 5.19. The molecule has 0 aliphatic carbocycles. The predicted molar refractivity (Wildman–Crippen MR) is 61.1 cm³/mol. The second-order valence-electron chi connectivity index (χ2n) is 3.48. The number of aromatic nitrogens is 2. The zero-order valence-corrected chi connectivity index (χ0v) is 8.84. The molecule has 0 bridgehead atoms. The van der Waals surface area contributed by atoms with Gasteiger partial charge in [0.15, 0.2) is 5.78 Å². The molecule has 0 atom stereocenters. The highest BCUT2D eigenvalue weighted by Gasteiger charge is 2.05. The third kappa shape index (κ3) is 2.73. The number of aryl methyl sites for hydroxylation is 1. The molecule has 0 fully saturated rings. The molecule has 0 amide bonds. The zero-order valence-electron chi connectivity index (χ0n) is 8.84. The van der Waals surface area contributed by atoms with Crippen LogP contribution in [0.15, 0.2) is 48.9 Å². The Balaban J connectivity index is 1.95. The van der Waals surface area contributed by atoms with Gasteiger partial charge in [0, 0.05) is 36.3 Å². The fraction of sp³-hybridized carbons (Fsp3) is 0.154. The van der Waals surface area contributed by atoms with Gasteiger partial charge in [-0.15, -0.1) is 0 Å². The number of carbonyl (C=O) groups is 1. The van der Waals surface area contributed by atoms with E-state index in [2.05, 4.69) is 9.97 Å². The van der Waals surface area contributed by atoms with Crippen LogP contribution in [0.25, 0.3) is 0 Å². The third-order valence-corrected chi connectivity index (χ3v) is 2.34. The molecule has 2 rings (SSSR count). The minimum atomic E-state index is 0.132. The van der Waals surface area contributed by atoms with Crippen LogP contribution < -0.4 is 0 Å². The molecule has 2 aromatic rings. The highest BCUT2D eigenvalue weighted by molar-refractivity contribution is 5.95. The minimum Gasteiger partial charge on any atom is -0.294 e. The first-order valence-electron chi connectivity index (χ1n) is 5.19. The van der Waals surface area contributed by atoms with Crippen molar-refractivity contribution >= 4 is 5.78 Å². The van der Waals surface area contributed by atoms with Crippen molar-refractivity contribution < 1.29 is 4.79 Å². The van der Waals surface area contributed by atoms with Crippen molar-refractivity contribution in [1.29, 1.82) is 0 Å². The molecule has 0 aliphatic rings. The minimum absolute atomic E-state index is 0.132. The lowest BCUT2D eigenvalue weighted by Gasteiger charge is -2.00. The van der Waals surface area contributed by atoms with E-state index in [1.54, 1.807) is 30.7 Å². The van der Waals surface area contributed by atoms with E-state index in [9.17, 15) is 4.79 Å². The Morgan fingerprint density at radius 2 is 1.88 bits per heavy atom. The predicted octanol–water partition coefficient (Wildman–Crippen LogP) is 2.29. The quantitative estimate of drug-likeness (QED) is 0.730. The Morgan fingerprint density at radius 3 is 2.56 bits per heavy atom. The lowest BCUT2D eigenvalue weighted by atomic mass is 10.1. The van der Waals surface area contributed by atoms with Crippen LogP contribution in [0.5, 0.6) is 0 Å². The summed E-state index contributed by atoms with van der Waals surface area (Å²) in [5.74, 6) is 0.132. The fourth-order valence-electron chi connectivity index (χ4n) is 1.47. The highest BCUT2D eigenvalue weighted by Crippen LogP contribution is 2.05. The monoisotopic (exact) mass is 212 g/mol. The maximum absolute atomic E-state index is 11.8. The van der Waals surface area contributed by atoms with Gasteiger partial charge in [-0.2, -0.15) is 0 Å². The van der Waals surface area contributed by atoms with E-state index in [0.717, 1.165) is 5.69 Å². The summed E-state index contributed by atoms with van der Waals surface area (Å²) in [6.07, 6.45) is 6.18. The summed E-state index contributed by atoms with van der Waals surface area (Å²) in [5.41, 5.74) is 1.66. The highest BCUT2D eigenvalue weighted by atomic mass is 16.1. The van der Waals surface area contributed by atoms with Gasteiger partial charge in [0.2, 0.25) is 0 Å². The van der Waals surface area contributed by atoms with Crippen LogP contribution in [0.2, 0.25) is 0 Å². The van der Waals surface area contributed by atoms with Crippen molar-refractivity contribution in [2.24, 2.45) is 0 Å². The molecule has 0 spiro atoms. The second kappa shape index (κ2) is 5.16. The summed E-state index contributed by atoms with van der Waals surface area (Å²) in [6.45, 7) is 0. The van der Waals surface area contributed by atoms with Crippen molar-refractivity contribution in [3.63, 3.8) is 0 Å². The molecule has 0 radical (unpaired) electrons. The fourth-order valence-corrected chi connectivity index (χ4v) is 1.47. The zero-order chi connectivity index (χ0) is 11.2. The SMILES string of the molecule is O=C(CCc1ccccn1)c1ccncc1. The van der Waals surface area contributed by atoms with Crippen molar-refractivity contribution in [3.8, 4) is 0 Å². The molecule has 3 nitrogen and oxygen atoms in total. The number of ketones is 1. The van der Waals surface area contributed by atoms with Crippen LogP contribution in [0.4, 0.5) is 0 Å². The number of carbonyl (C=O) groups excluding carboxylic acids is 1. The van der Waals surface area contributed by atoms with E-state index >= 15 is 0 Å². The molecular weight excluding hydrogens is 200 g/mol. The largest absolute Gasteiger partial charge is 0.294 e. The molecule has 0 saturated heterocycles. The maximum Gasteiger partial charge on any atom is 0.163 e. The normalized spacial score (nSPS) is 10.0. The van der Waals surface area contributed by atoms with Gasteiger partial charge in [0.25, 0.3) is 0 Å². The van der Waals surface area contributed by atoms with E-state index in [1.165, 1.54) is 0 Å². The van der Waals surface area contributed by atoms with Crippen LogP contribution >= 0.6 is 0 Å². The van der Waals surface area contributed by atoms with E-state index in [0.29, 0.717) is 18.4 Å². The second-order valence-corrected chi connectivity index (χ2v) is 3.48. The summed E-state index contributed by atoms with van der Waals surface area (Å²) in [5, 5.41) is 0. The molecule has 2 aromatic heterocycles. The molecular formula is C13H12N2O. The first-order chi connectivity index (χ1) is 7.86. The standard InChI is InChI=1S/C13H12N2O/c16-13(11-6-9-14-10-7-11)5-4-12-3-1-2-8-15-12/h1-3,6-10H,4-5H2. The van der Waals surface area contributed by atoms with Crippen LogP contribution in [0.1, 0.15) is 22.5 Å². The number of pyridine rings is 2. The Kier molecular flexibility index (Phi) is 3.38. The summed E-state index contributed by atoms with van der Waals surface area (Å²) < 4.78 is 0. The lowest BCUT2D eigenvalue weighted by Crippen LogP contribution is -2.01. The van der Waals surface area contributed by atoms with Crippen molar-refractivity contribution in [2.75, 3.05) is 0 Å². The molecule has 0 aromatic carbocycles. The van der Waals surface area contributed by atoms with Gasteiger partial charge in [0.1, 0.15) is 0 Å². The summed E-state index contributed by atoms with van der Waals surface area (Å²) >= 11 is 0. The van der Waals surface area contributed by atoms with Crippen molar-refractivity contribution in [3.05, 3.63) is 60.2 Å². The average molecular weight is 212 g/mol. The Morgan fingerprint density at radius 1 is 1.06 bits per heavy atom.